The number of phenols is 1. The van der Waals surface area contributed by atoms with E-state index in [1.807, 2.05) is 6.07 Å². The Morgan fingerprint density at radius 3 is 2.36 bits per heavy atom. The van der Waals surface area contributed by atoms with E-state index in [9.17, 15) is 5.11 Å². The maximum atomic E-state index is 9.29. The van der Waals surface area contributed by atoms with Gasteiger partial charge in [0.2, 0.25) is 5.95 Å². The fourth-order valence-electron chi connectivity index (χ4n) is 2.09. The second-order valence-corrected chi connectivity index (χ2v) is 4.63. The van der Waals surface area contributed by atoms with Gasteiger partial charge in [0.05, 0.1) is 19.7 Å². The Kier molecular flexibility index (Phi) is 3.65. The summed E-state index contributed by atoms with van der Waals surface area (Å²) in [7, 11) is 3.17. The molecule has 6 nitrogen and oxygen atoms in total. The van der Waals surface area contributed by atoms with Crippen LogP contribution in [0.5, 0.6) is 17.2 Å². The van der Waals surface area contributed by atoms with Crippen molar-refractivity contribution in [3.63, 3.8) is 0 Å². The molecule has 0 aliphatic carbocycles. The Morgan fingerprint density at radius 2 is 1.68 bits per heavy atom. The van der Waals surface area contributed by atoms with Crippen molar-refractivity contribution < 1.29 is 14.6 Å². The maximum Gasteiger partial charge on any atom is 0.227 e. The molecule has 0 aliphatic rings. The number of hydrogen-bond donors (Lipinski definition) is 2. The summed E-state index contributed by atoms with van der Waals surface area (Å²) >= 11 is 0. The van der Waals surface area contributed by atoms with E-state index in [0.29, 0.717) is 17.4 Å². The maximum absolute atomic E-state index is 9.29. The molecule has 112 valence electrons. The Morgan fingerprint density at radius 1 is 1.00 bits per heavy atom. The largest absolute Gasteiger partial charge is 0.508 e. The van der Waals surface area contributed by atoms with Gasteiger partial charge in [0.1, 0.15) is 5.75 Å². The molecule has 3 rings (SSSR count). The number of aromatic nitrogens is 2. The molecule has 0 unspecified atom stereocenters. The quantitative estimate of drug-likeness (QED) is 0.721. The Bertz CT molecular complexity index is 804. The number of rotatable bonds is 4. The predicted octanol–water partition coefficient (Wildman–Crippen LogP) is 3.10. The molecule has 1 aromatic heterocycles. The topological polar surface area (TPSA) is 76.5 Å². The van der Waals surface area contributed by atoms with Gasteiger partial charge in [-0.2, -0.15) is 0 Å². The molecule has 0 aliphatic heterocycles. The van der Waals surface area contributed by atoms with E-state index in [4.69, 9.17) is 9.47 Å². The van der Waals surface area contributed by atoms with E-state index >= 15 is 0 Å². The minimum absolute atomic E-state index is 0.210. The molecular formula is C16H15N3O3. The molecule has 0 spiro atoms. The van der Waals surface area contributed by atoms with Crippen LogP contribution in [0.1, 0.15) is 0 Å². The Labute approximate surface area is 127 Å². The van der Waals surface area contributed by atoms with Crippen LogP contribution in [0.3, 0.4) is 0 Å². The molecule has 0 bridgehead atoms. The van der Waals surface area contributed by atoms with Crippen LogP contribution in [0, 0.1) is 0 Å². The van der Waals surface area contributed by atoms with E-state index in [-0.39, 0.29) is 5.75 Å². The third-order valence-electron chi connectivity index (χ3n) is 3.21. The van der Waals surface area contributed by atoms with Gasteiger partial charge in [-0.25, -0.2) is 9.97 Å². The molecule has 1 heterocycles. The van der Waals surface area contributed by atoms with Crippen molar-refractivity contribution in [1.82, 2.24) is 9.97 Å². The van der Waals surface area contributed by atoms with Gasteiger partial charge in [0.15, 0.2) is 11.5 Å². The van der Waals surface area contributed by atoms with Gasteiger partial charge >= 0.3 is 0 Å². The van der Waals surface area contributed by atoms with Crippen LogP contribution in [0.4, 0.5) is 11.6 Å². The van der Waals surface area contributed by atoms with E-state index in [0.717, 1.165) is 16.6 Å². The first-order valence-corrected chi connectivity index (χ1v) is 6.64. The molecular weight excluding hydrogens is 282 g/mol. The first kappa shape index (κ1) is 13.9. The summed E-state index contributed by atoms with van der Waals surface area (Å²) in [5.41, 5.74) is 1.53. The lowest BCUT2D eigenvalue weighted by Gasteiger charge is -2.10. The van der Waals surface area contributed by atoms with Crippen LogP contribution >= 0.6 is 0 Å². The molecule has 0 radical (unpaired) electrons. The molecule has 22 heavy (non-hydrogen) atoms. The molecule has 6 heteroatoms. The second-order valence-electron chi connectivity index (χ2n) is 4.63. The van der Waals surface area contributed by atoms with E-state index in [1.165, 1.54) is 0 Å². The average molecular weight is 297 g/mol. The van der Waals surface area contributed by atoms with Crippen LogP contribution in [-0.2, 0) is 0 Å². The van der Waals surface area contributed by atoms with Gasteiger partial charge in [-0.1, -0.05) is 0 Å². The number of aromatic hydroxyl groups is 1. The van der Waals surface area contributed by atoms with Crippen LogP contribution < -0.4 is 14.8 Å². The van der Waals surface area contributed by atoms with Crippen molar-refractivity contribution in [2.24, 2.45) is 0 Å². The number of methoxy groups -OCH3 is 2. The number of fused-ring (bicyclic) bond motifs is 1. The molecule has 0 saturated heterocycles. The molecule has 2 aromatic carbocycles. The number of hydrogen-bond acceptors (Lipinski definition) is 6. The van der Waals surface area contributed by atoms with Gasteiger partial charge in [-0.15, -0.1) is 0 Å². The van der Waals surface area contributed by atoms with Gasteiger partial charge in [-0.3, -0.25) is 0 Å². The van der Waals surface area contributed by atoms with Gasteiger partial charge in [-0.05, 0) is 30.3 Å². The molecule has 0 fully saturated rings. The summed E-state index contributed by atoms with van der Waals surface area (Å²) in [5, 5.41) is 13.2. The van der Waals surface area contributed by atoms with Crippen molar-refractivity contribution in [1.29, 1.82) is 0 Å². The fourth-order valence-corrected chi connectivity index (χ4v) is 2.09. The third kappa shape index (κ3) is 2.71. The molecule has 3 aromatic rings. The van der Waals surface area contributed by atoms with Crippen molar-refractivity contribution in [2.45, 2.75) is 0 Å². The van der Waals surface area contributed by atoms with E-state index < -0.39 is 0 Å². The van der Waals surface area contributed by atoms with Crippen molar-refractivity contribution in [2.75, 3.05) is 19.5 Å². The fraction of sp³-hybridized carbons (Fsp3) is 0.125. The summed E-state index contributed by atoms with van der Waals surface area (Å²) in [5.74, 6) is 1.93. The lowest BCUT2D eigenvalue weighted by Crippen LogP contribution is -1.98. The number of ether oxygens (including phenoxy) is 2. The standard InChI is InChI=1S/C16H15N3O3/c1-21-14-7-10-9-17-16(19-13(10)8-15(14)22-2)18-11-3-5-12(20)6-4-11/h3-9,20H,1-2H3,(H,17,18,19). The Hall–Kier alpha value is -3.02. The third-order valence-corrected chi connectivity index (χ3v) is 3.21. The average Bonchev–Trinajstić information content (AvgIpc) is 2.55. The van der Waals surface area contributed by atoms with Crippen molar-refractivity contribution >= 4 is 22.5 Å². The summed E-state index contributed by atoms with van der Waals surface area (Å²) in [4.78, 5) is 8.73. The minimum Gasteiger partial charge on any atom is -0.508 e. The van der Waals surface area contributed by atoms with Gasteiger partial charge in [0, 0.05) is 23.3 Å². The SMILES string of the molecule is COc1cc2cnc(Nc3ccc(O)cc3)nc2cc1OC. The van der Waals surface area contributed by atoms with Gasteiger partial charge in [0.25, 0.3) is 0 Å². The van der Waals surface area contributed by atoms with Crippen LogP contribution in [0.25, 0.3) is 10.9 Å². The molecule has 0 saturated carbocycles. The summed E-state index contributed by atoms with van der Waals surface area (Å²) in [6.07, 6.45) is 1.72. The van der Waals surface area contributed by atoms with Crippen LogP contribution in [-0.4, -0.2) is 29.3 Å². The zero-order valence-corrected chi connectivity index (χ0v) is 12.2. The van der Waals surface area contributed by atoms with Crippen LogP contribution in [0.15, 0.2) is 42.6 Å². The Balaban J connectivity index is 1.96. The van der Waals surface area contributed by atoms with Crippen molar-refractivity contribution in [3.8, 4) is 17.2 Å². The zero-order valence-electron chi connectivity index (χ0n) is 12.2. The highest BCUT2D eigenvalue weighted by molar-refractivity contribution is 5.83. The van der Waals surface area contributed by atoms with E-state index in [1.54, 1.807) is 50.7 Å². The smallest absolute Gasteiger partial charge is 0.227 e. The number of nitrogens with one attached hydrogen (secondary N) is 1. The molecule has 0 atom stereocenters. The first-order valence-electron chi connectivity index (χ1n) is 6.64. The lowest BCUT2D eigenvalue weighted by atomic mass is 10.2. The van der Waals surface area contributed by atoms with Gasteiger partial charge < -0.3 is 19.9 Å². The highest BCUT2D eigenvalue weighted by Crippen LogP contribution is 2.31. The number of phenolic OH excluding ortho intramolecular Hbond substituents is 1. The normalized spacial score (nSPS) is 10.5. The van der Waals surface area contributed by atoms with Crippen molar-refractivity contribution in [3.05, 3.63) is 42.6 Å². The number of benzene rings is 2. The molecule has 2 N–H and O–H groups in total. The monoisotopic (exact) mass is 297 g/mol. The highest BCUT2D eigenvalue weighted by Gasteiger charge is 2.08. The summed E-state index contributed by atoms with van der Waals surface area (Å²) < 4.78 is 10.5. The highest BCUT2D eigenvalue weighted by atomic mass is 16.5. The number of anilines is 2. The minimum atomic E-state index is 0.210. The first-order chi connectivity index (χ1) is 10.7. The second kappa shape index (κ2) is 5.77. The predicted molar refractivity (Wildman–Crippen MR) is 84.0 cm³/mol. The van der Waals surface area contributed by atoms with Crippen LogP contribution in [0.2, 0.25) is 0 Å². The number of nitrogens with zero attached hydrogens (tertiary/aromatic N) is 2. The van der Waals surface area contributed by atoms with E-state index in [2.05, 4.69) is 15.3 Å². The molecule has 0 amide bonds. The lowest BCUT2D eigenvalue weighted by molar-refractivity contribution is 0.356. The summed E-state index contributed by atoms with van der Waals surface area (Å²) in [6.45, 7) is 0. The summed E-state index contributed by atoms with van der Waals surface area (Å²) in [6, 6.07) is 10.3. The zero-order chi connectivity index (χ0) is 15.5.